The standard InChI is InChI=1S/C23H35NO5/c1-16(26)23(2)15-24(22(27)14-25)13-19(23)18-8-9-20(28-3)21(12-18)29-11-10-17-6-4-5-7-17/h8-9,12,16-17,19,25-26H,4-7,10-11,13-15H2,1-3H3. The molecule has 0 spiro atoms. The van der Waals surface area contributed by atoms with Gasteiger partial charge in [0.05, 0.1) is 19.8 Å². The van der Waals surface area contributed by atoms with Gasteiger partial charge in [0.15, 0.2) is 11.5 Å². The summed E-state index contributed by atoms with van der Waals surface area (Å²) in [4.78, 5) is 13.7. The van der Waals surface area contributed by atoms with Gasteiger partial charge in [-0.1, -0.05) is 38.7 Å². The van der Waals surface area contributed by atoms with Gasteiger partial charge in [-0.05, 0) is 37.0 Å². The van der Waals surface area contributed by atoms with E-state index < -0.39 is 18.1 Å². The molecule has 6 heteroatoms. The third kappa shape index (κ3) is 4.69. The molecule has 0 aromatic heterocycles. The number of benzene rings is 1. The van der Waals surface area contributed by atoms with E-state index in [0.29, 0.717) is 31.2 Å². The molecule has 2 N–H and O–H groups in total. The van der Waals surface area contributed by atoms with Crippen molar-refractivity contribution in [2.24, 2.45) is 11.3 Å². The number of amides is 1. The largest absolute Gasteiger partial charge is 0.493 e. The topological polar surface area (TPSA) is 79.2 Å². The van der Waals surface area contributed by atoms with Crippen LogP contribution in [0.15, 0.2) is 18.2 Å². The Morgan fingerprint density at radius 2 is 2.03 bits per heavy atom. The van der Waals surface area contributed by atoms with Gasteiger partial charge in [-0.2, -0.15) is 0 Å². The molecule has 1 aromatic carbocycles. The van der Waals surface area contributed by atoms with Crippen LogP contribution in [-0.4, -0.2) is 60.5 Å². The third-order valence-corrected chi connectivity index (χ3v) is 7.02. The molecule has 0 radical (unpaired) electrons. The Bertz CT molecular complexity index is 701. The quantitative estimate of drug-likeness (QED) is 0.695. The van der Waals surface area contributed by atoms with Crippen LogP contribution < -0.4 is 9.47 Å². The Morgan fingerprint density at radius 1 is 1.31 bits per heavy atom. The first-order chi connectivity index (χ1) is 13.9. The maximum atomic E-state index is 12.1. The fourth-order valence-electron chi connectivity index (χ4n) is 4.87. The molecule has 1 heterocycles. The van der Waals surface area contributed by atoms with Gasteiger partial charge in [0.1, 0.15) is 6.61 Å². The van der Waals surface area contributed by atoms with E-state index >= 15 is 0 Å². The van der Waals surface area contributed by atoms with Crippen LogP contribution in [0.5, 0.6) is 11.5 Å². The normalized spacial score (nSPS) is 26.0. The number of aliphatic hydroxyl groups excluding tert-OH is 2. The number of likely N-dealkylation sites (tertiary alicyclic amines) is 1. The van der Waals surface area contributed by atoms with Crippen molar-refractivity contribution in [3.05, 3.63) is 23.8 Å². The lowest BCUT2D eigenvalue weighted by atomic mass is 9.72. The van der Waals surface area contributed by atoms with Crippen LogP contribution in [0, 0.1) is 11.3 Å². The Labute approximate surface area is 173 Å². The number of nitrogens with zero attached hydrogens (tertiary/aromatic N) is 1. The Balaban J connectivity index is 1.79. The van der Waals surface area contributed by atoms with Crippen LogP contribution in [-0.2, 0) is 4.79 Å². The summed E-state index contributed by atoms with van der Waals surface area (Å²) in [5.74, 6) is 1.81. The first-order valence-electron chi connectivity index (χ1n) is 10.8. The molecule has 3 rings (SSSR count). The molecule has 2 fully saturated rings. The number of methoxy groups -OCH3 is 1. The van der Waals surface area contributed by atoms with Gasteiger partial charge in [-0.15, -0.1) is 0 Å². The predicted molar refractivity (Wildman–Crippen MR) is 111 cm³/mol. The van der Waals surface area contributed by atoms with E-state index in [9.17, 15) is 15.0 Å². The van der Waals surface area contributed by atoms with Crippen molar-refractivity contribution in [1.82, 2.24) is 4.90 Å². The van der Waals surface area contributed by atoms with E-state index in [1.807, 2.05) is 25.1 Å². The molecule has 2 aliphatic rings. The first-order valence-corrected chi connectivity index (χ1v) is 10.8. The highest BCUT2D eigenvalue weighted by Crippen LogP contribution is 2.46. The Morgan fingerprint density at radius 3 is 2.66 bits per heavy atom. The van der Waals surface area contributed by atoms with Gasteiger partial charge in [-0.3, -0.25) is 4.79 Å². The Hall–Kier alpha value is -1.79. The van der Waals surface area contributed by atoms with E-state index in [1.54, 1.807) is 18.9 Å². The second-order valence-corrected chi connectivity index (χ2v) is 8.86. The minimum absolute atomic E-state index is 0.0545. The molecule has 1 amide bonds. The first kappa shape index (κ1) is 21.9. The molecule has 1 aromatic rings. The zero-order valence-corrected chi connectivity index (χ0v) is 17.9. The van der Waals surface area contributed by atoms with E-state index in [4.69, 9.17) is 9.47 Å². The zero-order chi connectivity index (χ0) is 21.0. The van der Waals surface area contributed by atoms with E-state index in [1.165, 1.54) is 25.7 Å². The fourth-order valence-corrected chi connectivity index (χ4v) is 4.87. The van der Waals surface area contributed by atoms with Crippen molar-refractivity contribution in [3.8, 4) is 11.5 Å². The van der Waals surface area contributed by atoms with Crippen molar-refractivity contribution >= 4 is 5.91 Å². The summed E-state index contributed by atoms with van der Waals surface area (Å²) in [6.07, 6.45) is 5.70. The fraction of sp³-hybridized carbons (Fsp3) is 0.696. The number of hydrogen-bond acceptors (Lipinski definition) is 5. The summed E-state index contributed by atoms with van der Waals surface area (Å²) in [7, 11) is 1.63. The highest BCUT2D eigenvalue weighted by Gasteiger charge is 2.48. The molecule has 3 atom stereocenters. The molecule has 1 aliphatic carbocycles. The Kier molecular flexibility index (Phi) is 7.06. The van der Waals surface area contributed by atoms with Crippen LogP contribution in [0.25, 0.3) is 0 Å². The van der Waals surface area contributed by atoms with Crippen LogP contribution in [0.1, 0.15) is 57.4 Å². The summed E-state index contributed by atoms with van der Waals surface area (Å²) >= 11 is 0. The number of ether oxygens (including phenoxy) is 2. The summed E-state index contributed by atoms with van der Waals surface area (Å²) in [6.45, 7) is 4.80. The maximum Gasteiger partial charge on any atom is 0.248 e. The SMILES string of the molecule is COc1ccc(C2CN(C(=O)CO)CC2(C)C(C)O)cc1OCCC1CCCC1. The van der Waals surface area contributed by atoms with Gasteiger partial charge in [0, 0.05) is 24.4 Å². The average molecular weight is 406 g/mol. The molecule has 6 nitrogen and oxygen atoms in total. The summed E-state index contributed by atoms with van der Waals surface area (Å²) < 4.78 is 11.6. The van der Waals surface area contributed by atoms with Crippen molar-refractivity contribution in [2.45, 2.75) is 58.0 Å². The second-order valence-electron chi connectivity index (χ2n) is 8.86. The van der Waals surface area contributed by atoms with E-state index in [-0.39, 0.29) is 11.8 Å². The third-order valence-electron chi connectivity index (χ3n) is 7.02. The zero-order valence-electron chi connectivity index (χ0n) is 17.9. The molecule has 1 saturated heterocycles. The van der Waals surface area contributed by atoms with Gasteiger partial charge < -0.3 is 24.6 Å². The van der Waals surface area contributed by atoms with Crippen molar-refractivity contribution in [2.75, 3.05) is 33.4 Å². The lowest BCUT2D eigenvalue weighted by molar-refractivity contribution is -0.133. The van der Waals surface area contributed by atoms with Gasteiger partial charge >= 0.3 is 0 Å². The smallest absolute Gasteiger partial charge is 0.248 e. The minimum Gasteiger partial charge on any atom is -0.493 e. The summed E-state index contributed by atoms with van der Waals surface area (Å²) in [5.41, 5.74) is 0.513. The number of hydrogen-bond donors (Lipinski definition) is 2. The van der Waals surface area contributed by atoms with Crippen molar-refractivity contribution in [1.29, 1.82) is 0 Å². The van der Waals surface area contributed by atoms with Gasteiger partial charge in [0.25, 0.3) is 0 Å². The maximum absolute atomic E-state index is 12.1. The van der Waals surface area contributed by atoms with Gasteiger partial charge in [0.2, 0.25) is 5.91 Å². The molecular formula is C23H35NO5. The number of aliphatic hydroxyl groups is 2. The van der Waals surface area contributed by atoms with Gasteiger partial charge in [-0.25, -0.2) is 0 Å². The predicted octanol–water partition coefficient (Wildman–Crippen LogP) is 2.96. The molecule has 0 bridgehead atoms. The van der Waals surface area contributed by atoms with Crippen LogP contribution in [0.4, 0.5) is 0 Å². The van der Waals surface area contributed by atoms with Crippen molar-refractivity contribution < 1.29 is 24.5 Å². The highest BCUT2D eigenvalue weighted by molar-refractivity contribution is 5.77. The molecule has 1 saturated carbocycles. The molecular weight excluding hydrogens is 370 g/mol. The minimum atomic E-state index is -0.599. The average Bonchev–Trinajstić information content (AvgIpc) is 3.35. The second kappa shape index (κ2) is 9.35. The molecule has 3 unspecified atom stereocenters. The summed E-state index contributed by atoms with van der Waals surface area (Å²) in [6, 6.07) is 5.88. The molecule has 29 heavy (non-hydrogen) atoms. The number of carbonyl (C=O) groups excluding carboxylic acids is 1. The molecule has 1 aliphatic heterocycles. The lowest BCUT2D eigenvalue weighted by Crippen LogP contribution is -2.38. The lowest BCUT2D eigenvalue weighted by Gasteiger charge is -2.33. The van der Waals surface area contributed by atoms with E-state index in [2.05, 4.69) is 0 Å². The highest BCUT2D eigenvalue weighted by atomic mass is 16.5. The van der Waals surface area contributed by atoms with E-state index in [0.717, 1.165) is 17.9 Å². The molecule has 162 valence electrons. The number of rotatable bonds is 8. The van der Waals surface area contributed by atoms with Crippen LogP contribution in [0.2, 0.25) is 0 Å². The summed E-state index contributed by atoms with van der Waals surface area (Å²) in [5, 5.41) is 19.8. The number of carbonyl (C=O) groups is 1. The van der Waals surface area contributed by atoms with Crippen LogP contribution >= 0.6 is 0 Å². The van der Waals surface area contributed by atoms with Crippen molar-refractivity contribution in [3.63, 3.8) is 0 Å². The monoisotopic (exact) mass is 405 g/mol. The van der Waals surface area contributed by atoms with Crippen LogP contribution in [0.3, 0.4) is 0 Å².